The molecule has 1 aromatic carbocycles. The van der Waals surface area contributed by atoms with Crippen LogP contribution in [0.4, 0.5) is 0 Å². The van der Waals surface area contributed by atoms with Crippen LogP contribution in [-0.4, -0.2) is 36.8 Å². The summed E-state index contributed by atoms with van der Waals surface area (Å²) in [5, 5.41) is 9.50. The van der Waals surface area contributed by atoms with Gasteiger partial charge in [-0.05, 0) is 44.0 Å². The number of aryl methyl sites for hydroxylation is 2. The van der Waals surface area contributed by atoms with Gasteiger partial charge in [0.2, 0.25) is 0 Å². The maximum Gasteiger partial charge on any atom is 0.123 e. The fraction of sp³-hybridized carbons (Fsp3) is 0.625. The summed E-state index contributed by atoms with van der Waals surface area (Å²) in [6, 6.07) is 4.44. The van der Waals surface area contributed by atoms with Gasteiger partial charge >= 0.3 is 0 Å². The number of hydrogen-bond donors (Lipinski definition) is 1. The number of rotatable bonds is 6. The smallest absolute Gasteiger partial charge is 0.123 e. The maximum absolute atomic E-state index is 9.50. The van der Waals surface area contributed by atoms with E-state index in [9.17, 15) is 5.11 Å². The molecule has 1 rings (SSSR count). The van der Waals surface area contributed by atoms with Crippen LogP contribution >= 0.6 is 0 Å². The fourth-order valence-corrected chi connectivity index (χ4v) is 2.41. The zero-order valence-corrected chi connectivity index (χ0v) is 13.0. The van der Waals surface area contributed by atoms with Gasteiger partial charge in [0.15, 0.2) is 0 Å². The lowest BCUT2D eigenvalue weighted by Crippen LogP contribution is -2.38. The minimum Gasteiger partial charge on any atom is -0.496 e. The van der Waals surface area contributed by atoms with Crippen molar-refractivity contribution in [3.05, 3.63) is 28.8 Å². The number of benzene rings is 1. The first kappa shape index (κ1) is 16.0. The summed E-state index contributed by atoms with van der Waals surface area (Å²) in [4.78, 5) is 2.19. The van der Waals surface area contributed by atoms with Crippen LogP contribution in [-0.2, 0) is 6.54 Å². The number of aliphatic hydroxyl groups excluding tert-OH is 1. The lowest BCUT2D eigenvalue weighted by Gasteiger charge is -2.30. The Labute approximate surface area is 117 Å². The van der Waals surface area contributed by atoms with Gasteiger partial charge in [-0.25, -0.2) is 0 Å². The van der Waals surface area contributed by atoms with E-state index in [2.05, 4.69) is 51.8 Å². The van der Waals surface area contributed by atoms with E-state index in [1.165, 1.54) is 16.7 Å². The van der Waals surface area contributed by atoms with Crippen LogP contribution in [0.2, 0.25) is 0 Å². The molecule has 0 fully saturated rings. The van der Waals surface area contributed by atoms with E-state index >= 15 is 0 Å². The van der Waals surface area contributed by atoms with Gasteiger partial charge in [-0.3, -0.25) is 4.90 Å². The molecule has 3 heteroatoms. The van der Waals surface area contributed by atoms with E-state index in [0.29, 0.717) is 5.92 Å². The zero-order chi connectivity index (χ0) is 14.6. The van der Waals surface area contributed by atoms with E-state index < -0.39 is 0 Å². The minimum atomic E-state index is 0.173. The van der Waals surface area contributed by atoms with Gasteiger partial charge in [0.25, 0.3) is 0 Å². The van der Waals surface area contributed by atoms with Gasteiger partial charge in [-0.15, -0.1) is 0 Å². The second-order valence-electron chi connectivity index (χ2n) is 5.66. The van der Waals surface area contributed by atoms with Crippen molar-refractivity contribution in [3.8, 4) is 5.75 Å². The summed E-state index contributed by atoms with van der Waals surface area (Å²) < 4.78 is 5.47. The SMILES string of the molecule is COc1cc(C)c(C)cc1CN(C)C(CO)C(C)C. The molecule has 1 N–H and O–H groups in total. The predicted octanol–water partition coefficient (Wildman–Crippen LogP) is 2.76. The Kier molecular flexibility index (Phi) is 5.83. The molecular formula is C16H27NO2. The molecule has 1 aromatic rings. The third kappa shape index (κ3) is 3.95. The average molecular weight is 265 g/mol. The summed E-state index contributed by atoms with van der Waals surface area (Å²) in [5.41, 5.74) is 3.69. The van der Waals surface area contributed by atoms with Gasteiger partial charge in [0.1, 0.15) is 5.75 Å². The summed E-state index contributed by atoms with van der Waals surface area (Å²) in [6.07, 6.45) is 0. The second-order valence-corrected chi connectivity index (χ2v) is 5.66. The Morgan fingerprint density at radius 3 is 2.26 bits per heavy atom. The van der Waals surface area contributed by atoms with Crippen LogP contribution < -0.4 is 4.74 Å². The summed E-state index contributed by atoms with van der Waals surface area (Å²) in [7, 11) is 3.76. The van der Waals surface area contributed by atoms with Crippen molar-refractivity contribution in [2.45, 2.75) is 40.3 Å². The first-order valence-corrected chi connectivity index (χ1v) is 6.85. The first-order valence-electron chi connectivity index (χ1n) is 6.85. The topological polar surface area (TPSA) is 32.7 Å². The Hall–Kier alpha value is -1.06. The summed E-state index contributed by atoms with van der Waals surface area (Å²) >= 11 is 0. The highest BCUT2D eigenvalue weighted by molar-refractivity contribution is 5.41. The number of methoxy groups -OCH3 is 1. The molecule has 0 saturated heterocycles. The second kappa shape index (κ2) is 6.92. The molecule has 0 heterocycles. The van der Waals surface area contributed by atoms with Gasteiger partial charge in [-0.2, -0.15) is 0 Å². The van der Waals surface area contributed by atoms with Crippen LogP contribution in [0.3, 0.4) is 0 Å². The molecule has 108 valence electrons. The van der Waals surface area contributed by atoms with Gasteiger partial charge < -0.3 is 9.84 Å². The Morgan fingerprint density at radius 1 is 1.21 bits per heavy atom. The van der Waals surface area contributed by atoms with Crippen molar-refractivity contribution in [3.63, 3.8) is 0 Å². The van der Waals surface area contributed by atoms with Crippen LogP contribution in [0, 0.1) is 19.8 Å². The lowest BCUT2D eigenvalue weighted by molar-refractivity contribution is 0.107. The molecule has 0 saturated carbocycles. The monoisotopic (exact) mass is 265 g/mol. The zero-order valence-electron chi connectivity index (χ0n) is 13.0. The van der Waals surface area contributed by atoms with E-state index in [0.717, 1.165) is 12.3 Å². The molecule has 1 atom stereocenters. The van der Waals surface area contributed by atoms with Crippen molar-refractivity contribution in [2.24, 2.45) is 5.92 Å². The molecule has 0 aliphatic rings. The van der Waals surface area contributed by atoms with E-state index in [4.69, 9.17) is 4.74 Å². The van der Waals surface area contributed by atoms with Gasteiger partial charge in [0, 0.05) is 18.2 Å². The minimum absolute atomic E-state index is 0.173. The van der Waals surface area contributed by atoms with Crippen molar-refractivity contribution in [1.29, 1.82) is 0 Å². The average Bonchev–Trinajstić information content (AvgIpc) is 2.33. The largest absolute Gasteiger partial charge is 0.496 e. The molecule has 0 aromatic heterocycles. The van der Waals surface area contributed by atoms with Crippen molar-refractivity contribution in [1.82, 2.24) is 4.90 Å². The van der Waals surface area contributed by atoms with E-state index in [1.807, 2.05) is 0 Å². The molecular weight excluding hydrogens is 238 g/mol. The summed E-state index contributed by atoms with van der Waals surface area (Å²) in [5.74, 6) is 1.35. The molecule has 0 radical (unpaired) electrons. The normalized spacial score (nSPS) is 13.1. The molecule has 0 aliphatic carbocycles. The highest BCUT2D eigenvalue weighted by Crippen LogP contribution is 2.25. The third-order valence-corrected chi connectivity index (χ3v) is 3.84. The molecule has 3 nitrogen and oxygen atoms in total. The number of hydrogen-bond acceptors (Lipinski definition) is 3. The first-order chi connectivity index (χ1) is 8.90. The van der Waals surface area contributed by atoms with Gasteiger partial charge in [-0.1, -0.05) is 19.9 Å². The molecule has 0 amide bonds. The Balaban J connectivity index is 2.95. The molecule has 0 spiro atoms. The standard InChI is InChI=1S/C16H27NO2/c1-11(2)15(10-18)17(5)9-14-7-12(3)13(4)8-16(14)19-6/h7-8,11,15,18H,9-10H2,1-6H3. The number of nitrogens with zero attached hydrogens (tertiary/aromatic N) is 1. The maximum atomic E-state index is 9.50. The van der Waals surface area contributed by atoms with Crippen LogP contribution in [0.1, 0.15) is 30.5 Å². The highest BCUT2D eigenvalue weighted by Gasteiger charge is 2.19. The number of likely N-dealkylation sites (N-methyl/N-ethyl adjacent to an activating group) is 1. The Bertz CT molecular complexity index is 415. The third-order valence-electron chi connectivity index (χ3n) is 3.84. The summed E-state index contributed by atoms with van der Waals surface area (Å²) in [6.45, 7) is 9.44. The van der Waals surface area contributed by atoms with E-state index in [1.54, 1.807) is 7.11 Å². The van der Waals surface area contributed by atoms with Crippen molar-refractivity contribution < 1.29 is 9.84 Å². The van der Waals surface area contributed by atoms with Crippen LogP contribution in [0.15, 0.2) is 12.1 Å². The number of aliphatic hydroxyl groups is 1. The van der Waals surface area contributed by atoms with Crippen molar-refractivity contribution >= 4 is 0 Å². The van der Waals surface area contributed by atoms with Crippen molar-refractivity contribution in [2.75, 3.05) is 20.8 Å². The lowest BCUT2D eigenvalue weighted by atomic mass is 10.0. The molecule has 1 unspecified atom stereocenters. The quantitative estimate of drug-likeness (QED) is 0.858. The van der Waals surface area contributed by atoms with Crippen LogP contribution in [0.25, 0.3) is 0 Å². The fourth-order valence-electron chi connectivity index (χ4n) is 2.41. The highest BCUT2D eigenvalue weighted by atomic mass is 16.5. The molecule has 0 aliphatic heterocycles. The van der Waals surface area contributed by atoms with Crippen LogP contribution in [0.5, 0.6) is 5.75 Å². The predicted molar refractivity (Wildman–Crippen MR) is 79.6 cm³/mol. The molecule has 0 bridgehead atoms. The molecule has 19 heavy (non-hydrogen) atoms. The van der Waals surface area contributed by atoms with Gasteiger partial charge in [0.05, 0.1) is 13.7 Å². The number of ether oxygens (including phenoxy) is 1. The Morgan fingerprint density at radius 2 is 1.79 bits per heavy atom. The van der Waals surface area contributed by atoms with E-state index in [-0.39, 0.29) is 12.6 Å².